The molecule has 0 N–H and O–H groups in total. The number of imidazole rings is 1. The molecule has 22 heavy (non-hydrogen) atoms. The second kappa shape index (κ2) is 5.51. The standard InChI is InChI=1S/C16H16F2N2O2/c1-2-22-14(21)4-3-11-5-6-20-13(7-11)10-19-15(20)12-8-16(17,18)9-12/h3-7,10,12H,2,8-9H2,1H3/b4-3+. The normalized spacial score (nSPS) is 17.8. The third-order valence-electron chi connectivity index (χ3n) is 3.74. The first kappa shape index (κ1) is 14.7. The minimum absolute atomic E-state index is 0.142. The minimum atomic E-state index is -2.56. The summed E-state index contributed by atoms with van der Waals surface area (Å²) in [7, 11) is 0. The van der Waals surface area contributed by atoms with Crippen molar-refractivity contribution in [2.24, 2.45) is 0 Å². The molecule has 2 heterocycles. The number of fused-ring (bicyclic) bond motifs is 1. The second-order valence-electron chi connectivity index (χ2n) is 5.42. The third-order valence-corrected chi connectivity index (χ3v) is 3.74. The van der Waals surface area contributed by atoms with Crippen molar-refractivity contribution < 1.29 is 18.3 Å². The summed E-state index contributed by atoms with van der Waals surface area (Å²) in [6.07, 6.45) is 6.18. The van der Waals surface area contributed by atoms with Crippen LogP contribution in [0.2, 0.25) is 0 Å². The van der Waals surface area contributed by atoms with Gasteiger partial charge in [0.2, 0.25) is 5.92 Å². The van der Waals surface area contributed by atoms with E-state index in [-0.39, 0.29) is 18.8 Å². The van der Waals surface area contributed by atoms with E-state index in [1.54, 1.807) is 25.4 Å². The number of alkyl halides is 2. The van der Waals surface area contributed by atoms with Crippen LogP contribution in [-0.2, 0) is 9.53 Å². The fourth-order valence-corrected chi connectivity index (χ4v) is 2.64. The molecular formula is C16H16F2N2O2. The number of nitrogens with zero attached hydrogens (tertiary/aromatic N) is 2. The average molecular weight is 306 g/mol. The second-order valence-corrected chi connectivity index (χ2v) is 5.42. The van der Waals surface area contributed by atoms with E-state index in [0.717, 1.165) is 11.1 Å². The molecule has 0 saturated heterocycles. The maximum Gasteiger partial charge on any atom is 0.330 e. The zero-order valence-electron chi connectivity index (χ0n) is 12.1. The molecule has 2 aromatic heterocycles. The van der Waals surface area contributed by atoms with Gasteiger partial charge < -0.3 is 9.14 Å². The lowest BCUT2D eigenvalue weighted by molar-refractivity contribution is -0.137. The van der Waals surface area contributed by atoms with E-state index in [1.807, 2.05) is 16.5 Å². The molecule has 0 amide bonds. The SMILES string of the molecule is CCOC(=O)/C=C/c1ccn2c(C3CC(F)(F)C3)ncc2c1. The fourth-order valence-electron chi connectivity index (χ4n) is 2.64. The Morgan fingerprint density at radius 3 is 3.00 bits per heavy atom. The van der Waals surface area contributed by atoms with Crippen LogP contribution in [0.4, 0.5) is 8.78 Å². The summed E-state index contributed by atoms with van der Waals surface area (Å²) >= 11 is 0. The number of rotatable bonds is 4. The van der Waals surface area contributed by atoms with E-state index in [9.17, 15) is 13.6 Å². The highest BCUT2D eigenvalue weighted by atomic mass is 19.3. The molecule has 1 saturated carbocycles. The van der Waals surface area contributed by atoms with Gasteiger partial charge in [0.05, 0.1) is 18.3 Å². The van der Waals surface area contributed by atoms with Gasteiger partial charge in [-0.25, -0.2) is 18.6 Å². The predicted octanol–water partition coefficient (Wildman–Crippen LogP) is 3.42. The molecule has 3 rings (SSSR count). The monoisotopic (exact) mass is 306 g/mol. The molecule has 0 unspecified atom stereocenters. The third kappa shape index (κ3) is 2.86. The van der Waals surface area contributed by atoms with E-state index < -0.39 is 11.9 Å². The number of ether oxygens (including phenoxy) is 1. The Kier molecular flexibility index (Phi) is 3.68. The van der Waals surface area contributed by atoms with Crippen LogP contribution < -0.4 is 0 Å². The summed E-state index contributed by atoms with van der Waals surface area (Å²) in [4.78, 5) is 15.5. The van der Waals surface area contributed by atoms with Crippen molar-refractivity contribution in [1.82, 2.24) is 9.38 Å². The Hall–Kier alpha value is -2.24. The molecule has 0 atom stereocenters. The Labute approximate surface area is 126 Å². The van der Waals surface area contributed by atoms with Crippen molar-refractivity contribution in [1.29, 1.82) is 0 Å². The van der Waals surface area contributed by atoms with Crippen LogP contribution in [0.25, 0.3) is 11.6 Å². The van der Waals surface area contributed by atoms with Gasteiger partial charge in [0.15, 0.2) is 0 Å². The van der Waals surface area contributed by atoms with Crippen LogP contribution >= 0.6 is 0 Å². The molecule has 6 heteroatoms. The average Bonchev–Trinajstić information content (AvgIpc) is 2.85. The smallest absolute Gasteiger partial charge is 0.330 e. The number of esters is 1. The van der Waals surface area contributed by atoms with Gasteiger partial charge in [0.25, 0.3) is 0 Å². The van der Waals surface area contributed by atoms with Gasteiger partial charge in [-0.05, 0) is 30.7 Å². The topological polar surface area (TPSA) is 43.6 Å². The van der Waals surface area contributed by atoms with Crippen molar-refractivity contribution in [2.75, 3.05) is 6.61 Å². The largest absolute Gasteiger partial charge is 0.463 e. The number of carbonyl (C=O) groups excluding carboxylic acids is 1. The van der Waals surface area contributed by atoms with Gasteiger partial charge >= 0.3 is 5.97 Å². The Balaban J connectivity index is 1.79. The summed E-state index contributed by atoms with van der Waals surface area (Å²) in [6, 6.07) is 3.66. The molecule has 1 fully saturated rings. The van der Waals surface area contributed by atoms with E-state index >= 15 is 0 Å². The Morgan fingerprint density at radius 1 is 1.55 bits per heavy atom. The maximum atomic E-state index is 13.0. The van der Waals surface area contributed by atoms with Crippen LogP contribution in [0.5, 0.6) is 0 Å². The molecular weight excluding hydrogens is 290 g/mol. The highest BCUT2D eigenvalue weighted by Gasteiger charge is 2.47. The number of hydrogen-bond donors (Lipinski definition) is 0. The van der Waals surface area contributed by atoms with Crippen molar-refractivity contribution in [3.8, 4) is 0 Å². The highest BCUT2D eigenvalue weighted by molar-refractivity contribution is 5.87. The molecule has 1 aliphatic rings. The van der Waals surface area contributed by atoms with Crippen LogP contribution in [0.1, 0.15) is 37.1 Å². The summed E-state index contributed by atoms with van der Waals surface area (Å²) in [5, 5.41) is 0. The fraction of sp³-hybridized carbons (Fsp3) is 0.375. The van der Waals surface area contributed by atoms with Gasteiger partial charge in [-0.15, -0.1) is 0 Å². The van der Waals surface area contributed by atoms with Gasteiger partial charge in [-0.2, -0.15) is 0 Å². The molecule has 1 aliphatic carbocycles. The van der Waals surface area contributed by atoms with Gasteiger partial charge in [0.1, 0.15) is 5.82 Å². The van der Waals surface area contributed by atoms with Crippen molar-refractivity contribution in [3.63, 3.8) is 0 Å². The Bertz CT molecular complexity index is 729. The number of halogens is 2. The van der Waals surface area contributed by atoms with Gasteiger partial charge in [-0.3, -0.25) is 0 Å². The van der Waals surface area contributed by atoms with Crippen LogP contribution in [0, 0.1) is 0 Å². The number of aromatic nitrogens is 2. The van der Waals surface area contributed by atoms with E-state index in [1.165, 1.54) is 6.08 Å². The quantitative estimate of drug-likeness (QED) is 0.642. The zero-order valence-corrected chi connectivity index (χ0v) is 12.1. The lowest BCUT2D eigenvalue weighted by Gasteiger charge is -2.33. The summed E-state index contributed by atoms with van der Waals surface area (Å²) < 4.78 is 32.6. The Morgan fingerprint density at radius 2 is 2.32 bits per heavy atom. The van der Waals surface area contributed by atoms with Crippen LogP contribution in [0.3, 0.4) is 0 Å². The number of pyridine rings is 1. The highest BCUT2D eigenvalue weighted by Crippen LogP contribution is 2.47. The summed E-state index contributed by atoms with van der Waals surface area (Å²) in [5.74, 6) is -2.48. The molecule has 2 aromatic rings. The molecule has 0 aliphatic heterocycles. The van der Waals surface area contributed by atoms with E-state index in [2.05, 4.69) is 4.98 Å². The van der Waals surface area contributed by atoms with Gasteiger partial charge in [-0.1, -0.05) is 0 Å². The molecule has 116 valence electrons. The van der Waals surface area contributed by atoms with Crippen LogP contribution in [-0.4, -0.2) is 27.9 Å². The van der Waals surface area contributed by atoms with Crippen LogP contribution in [0.15, 0.2) is 30.6 Å². The van der Waals surface area contributed by atoms with Gasteiger partial charge in [0, 0.05) is 31.0 Å². The lowest BCUT2D eigenvalue weighted by Crippen LogP contribution is -2.34. The first-order chi connectivity index (χ1) is 10.5. The number of hydrogen-bond acceptors (Lipinski definition) is 3. The molecule has 0 aromatic carbocycles. The molecule has 0 bridgehead atoms. The summed E-state index contributed by atoms with van der Waals surface area (Å²) in [6.45, 7) is 2.08. The first-order valence-electron chi connectivity index (χ1n) is 7.18. The molecule has 0 spiro atoms. The molecule has 0 radical (unpaired) electrons. The van der Waals surface area contributed by atoms with E-state index in [0.29, 0.717) is 12.4 Å². The zero-order chi connectivity index (χ0) is 15.7. The van der Waals surface area contributed by atoms with Crippen molar-refractivity contribution >= 4 is 17.6 Å². The van der Waals surface area contributed by atoms with E-state index in [4.69, 9.17) is 4.74 Å². The predicted molar refractivity (Wildman–Crippen MR) is 77.8 cm³/mol. The summed E-state index contributed by atoms with van der Waals surface area (Å²) in [5.41, 5.74) is 1.64. The van der Waals surface area contributed by atoms with Crippen molar-refractivity contribution in [3.05, 3.63) is 42.0 Å². The maximum absolute atomic E-state index is 13.0. The first-order valence-corrected chi connectivity index (χ1v) is 7.18. The van der Waals surface area contributed by atoms with Crippen molar-refractivity contribution in [2.45, 2.75) is 31.6 Å². The lowest BCUT2D eigenvalue weighted by atomic mass is 9.81. The minimum Gasteiger partial charge on any atom is -0.463 e. The molecule has 4 nitrogen and oxygen atoms in total. The number of carbonyl (C=O) groups is 1.